The molecule has 3 fully saturated rings. The highest BCUT2D eigenvalue weighted by Crippen LogP contribution is 2.41. The van der Waals surface area contributed by atoms with Crippen LogP contribution in [-0.2, 0) is 6.42 Å². The summed E-state index contributed by atoms with van der Waals surface area (Å²) in [5, 5.41) is 0. The van der Waals surface area contributed by atoms with Gasteiger partial charge in [0.1, 0.15) is 11.3 Å². The molecule has 7 nitrogen and oxygen atoms in total. The standard InChI is InChI=1S/C23H32F2N6O/c1-28-14-17(15-28)29-9-11-30(12-10-29)18-3-2-4-19-21(18)27-20(31(19)22(26)32)6-5-16-7-8-23(24,25)13-16/h2-4,16-17H,5-15H2,1H3,(H2,26,32). The number of halogens is 2. The number of fused-ring (bicyclic) bond motifs is 1. The molecule has 0 spiro atoms. The van der Waals surface area contributed by atoms with Crippen LogP contribution < -0.4 is 10.6 Å². The van der Waals surface area contributed by atoms with E-state index in [0.717, 1.165) is 50.5 Å². The van der Waals surface area contributed by atoms with Gasteiger partial charge in [-0.3, -0.25) is 4.90 Å². The molecule has 1 atom stereocenters. The number of hydrogen-bond donors (Lipinski definition) is 1. The van der Waals surface area contributed by atoms with Gasteiger partial charge in [-0.2, -0.15) is 0 Å². The molecule has 1 unspecified atom stereocenters. The first kappa shape index (κ1) is 21.6. The van der Waals surface area contributed by atoms with Crippen LogP contribution in [0.15, 0.2) is 18.2 Å². The third kappa shape index (κ3) is 4.08. The van der Waals surface area contributed by atoms with Crippen molar-refractivity contribution >= 4 is 22.8 Å². The maximum Gasteiger partial charge on any atom is 0.324 e. The Labute approximate surface area is 187 Å². The Kier molecular flexibility index (Phi) is 5.57. The summed E-state index contributed by atoms with van der Waals surface area (Å²) in [6.45, 7) is 6.11. The molecule has 1 amide bonds. The molecule has 32 heavy (non-hydrogen) atoms. The molecule has 3 aliphatic rings. The molecule has 2 aliphatic heterocycles. The van der Waals surface area contributed by atoms with Gasteiger partial charge in [0.05, 0.1) is 11.2 Å². The van der Waals surface area contributed by atoms with Crippen LogP contribution in [-0.4, -0.2) is 83.7 Å². The molecule has 2 N–H and O–H groups in total. The number of amides is 1. The number of nitrogens with two attached hydrogens (primary N) is 1. The Morgan fingerprint density at radius 1 is 1.22 bits per heavy atom. The molecule has 1 aromatic carbocycles. The molecule has 2 saturated heterocycles. The highest BCUT2D eigenvalue weighted by Gasteiger charge is 2.39. The van der Waals surface area contributed by atoms with E-state index in [1.807, 2.05) is 12.1 Å². The molecule has 2 aromatic rings. The maximum absolute atomic E-state index is 13.6. The Morgan fingerprint density at radius 2 is 1.97 bits per heavy atom. The first-order valence-electron chi connectivity index (χ1n) is 11.7. The highest BCUT2D eigenvalue weighted by atomic mass is 19.3. The number of piperazine rings is 1. The lowest BCUT2D eigenvalue weighted by Crippen LogP contribution is -2.62. The summed E-state index contributed by atoms with van der Waals surface area (Å²) in [4.78, 5) is 24.3. The van der Waals surface area contributed by atoms with Gasteiger partial charge in [0, 0.05) is 64.6 Å². The second-order valence-corrected chi connectivity index (χ2v) is 9.75. The molecule has 0 bridgehead atoms. The number of likely N-dealkylation sites (N-methyl/N-ethyl adjacent to an activating group) is 1. The Balaban J connectivity index is 1.34. The molecule has 1 aromatic heterocycles. The topological polar surface area (TPSA) is 70.6 Å². The summed E-state index contributed by atoms with van der Waals surface area (Å²) in [5.41, 5.74) is 8.19. The fourth-order valence-electron chi connectivity index (χ4n) is 5.65. The number of carbonyl (C=O) groups excluding carboxylic acids is 1. The van der Waals surface area contributed by atoms with E-state index in [2.05, 4.69) is 27.8 Å². The van der Waals surface area contributed by atoms with Crippen molar-refractivity contribution in [3.8, 4) is 0 Å². The number of para-hydroxylation sites is 1. The van der Waals surface area contributed by atoms with Crippen LogP contribution in [0.5, 0.6) is 0 Å². The second kappa shape index (κ2) is 8.26. The lowest BCUT2D eigenvalue weighted by molar-refractivity contribution is 0.00470. The zero-order valence-corrected chi connectivity index (χ0v) is 18.6. The van der Waals surface area contributed by atoms with Crippen LogP contribution in [0.1, 0.15) is 31.5 Å². The molecule has 0 radical (unpaired) electrons. The third-order valence-corrected chi connectivity index (χ3v) is 7.45. The van der Waals surface area contributed by atoms with Gasteiger partial charge in [-0.25, -0.2) is 23.1 Å². The second-order valence-electron chi connectivity index (χ2n) is 9.75. The molecule has 1 saturated carbocycles. The molecule has 1 aliphatic carbocycles. The molecule has 9 heteroatoms. The van der Waals surface area contributed by atoms with E-state index in [4.69, 9.17) is 10.7 Å². The SMILES string of the molecule is CN1CC(N2CCN(c3cccc4c3nc(CCC3CCC(F)(F)C3)n4C(N)=O)CC2)C1. The number of carbonyl (C=O) groups is 1. The van der Waals surface area contributed by atoms with Crippen molar-refractivity contribution in [2.45, 2.75) is 44.1 Å². The van der Waals surface area contributed by atoms with Crippen molar-refractivity contribution < 1.29 is 13.6 Å². The summed E-state index contributed by atoms with van der Waals surface area (Å²) in [7, 11) is 2.15. The summed E-state index contributed by atoms with van der Waals surface area (Å²) in [6.07, 6.45) is 1.47. The lowest BCUT2D eigenvalue weighted by Gasteiger charge is -2.47. The van der Waals surface area contributed by atoms with Crippen LogP contribution in [0.4, 0.5) is 19.3 Å². The lowest BCUT2D eigenvalue weighted by atomic mass is 10.0. The number of imidazole rings is 1. The van der Waals surface area contributed by atoms with Crippen molar-refractivity contribution in [2.75, 3.05) is 51.2 Å². The van der Waals surface area contributed by atoms with E-state index in [9.17, 15) is 13.6 Å². The Hall–Kier alpha value is -2.26. The Morgan fingerprint density at radius 3 is 2.59 bits per heavy atom. The van der Waals surface area contributed by atoms with Gasteiger partial charge in [0.15, 0.2) is 0 Å². The maximum atomic E-state index is 13.6. The number of nitrogens with zero attached hydrogens (tertiary/aromatic N) is 5. The first-order chi connectivity index (χ1) is 15.3. The van der Waals surface area contributed by atoms with Crippen LogP contribution in [0, 0.1) is 5.92 Å². The normalized spacial score (nSPS) is 24.8. The first-order valence-corrected chi connectivity index (χ1v) is 11.7. The van der Waals surface area contributed by atoms with Gasteiger partial charge in [-0.1, -0.05) is 6.07 Å². The van der Waals surface area contributed by atoms with Crippen molar-refractivity contribution in [1.29, 1.82) is 0 Å². The van der Waals surface area contributed by atoms with Gasteiger partial charge >= 0.3 is 6.03 Å². The fourth-order valence-corrected chi connectivity index (χ4v) is 5.65. The van der Waals surface area contributed by atoms with Crippen molar-refractivity contribution in [3.63, 3.8) is 0 Å². The van der Waals surface area contributed by atoms with E-state index >= 15 is 0 Å². The number of alkyl halides is 2. The summed E-state index contributed by atoms with van der Waals surface area (Å²) in [5.74, 6) is -2.02. The number of anilines is 1. The van der Waals surface area contributed by atoms with Gasteiger partial charge < -0.3 is 15.5 Å². The predicted octanol–water partition coefficient (Wildman–Crippen LogP) is 2.77. The third-order valence-electron chi connectivity index (χ3n) is 7.45. The zero-order valence-electron chi connectivity index (χ0n) is 18.6. The summed E-state index contributed by atoms with van der Waals surface area (Å²) in [6, 6.07) is 5.93. The zero-order chi connectivity index (χ0) is 22.5. The minimum absolute atomic E-state index is 0.0377. The van der Waals surface area contributed by atoms with Crippen molar-refractivity contribution in [1.82, 2.24) is 19.4 Å². The molecule has 3 heterocycles. The summed E-state index contributed by atoms with van der Waals surface area (Å²) < 4.78 is 28.6. The minimum Gasteiger partial charge on any atom is -0.367 e. The number of benzene rings is 1. The van der Waals surface area contributed by atoms with E-state index < -0.39 is 12.0 Å². The van der Waals surface area contributed by atoms with E-state index in [1.165, 1.54) is 4.57 Å². The van der Waals surface area contributed by atoms with Crippen molar-refractivity contribution in [3.05, 3.63) is 24.0 Å². The van der Waals surface area contributed by atoms with Crippen LogP contribution >= 0.6 is 0 Å². The average Bonchev–Trinajstić information content (AvgIpc) is 3.29. The Bertz CT molecular complexity index is 994. The number of hydrogen-bond acceptors (Lipinski definition) is 5. The van der Waals surface area contributed by atoms with Crippen LogP contribution in [0.25, 0.3) is 11.0 Å². The van der Waals surface area contributed by atoms with E-state index in [0.29, 0.717) is 36.6 Å². The largest absolute Gasteiger partial charge is 0.367 e. The smallest absolute Gasteiger partial charge is 0.324 e. The summed E-state index contributed by atoms with van der Waals surface area (Å²) >= 11 is 0. The number of aromatic nitrogens is 2. The predicted molar refractivity (Wildman–Crippen MR) is 120 cm³/mol. The van der Waals surface area contributed by atoms with Gasteiger partial charge in [-0.05, 0) is 37.9 Å². The number of primary amides is 1. The van der Waals surface area contributed by atoms with Gasteiger partial charge in [0.25, 0.3) is 0 Å². The van der Waals surface area contributed by atoms with Crippen LogP contribution in [0.3, 0.4) is 0 Å². The van der Waals surface area contributed by atoms with Gasteiger partial charge in [-0.15, -0.1) is 0 Å². The highest BCUT2D eigenvalue weighted by molar-refractivity contribution is 5.95. The van der Waals surface area contributed by atoms with E-state index in [-0.39, 0.29) is 18.8 Å². The van der Waals surface area contributed by atoms with E-state index in [1.54, 1.807) is 0 Å². The monoisotopic (exact) mass is 446 g/mol. The minimum atomic E-state index is -2.56. The molecule has 5 rings (SSSR count). The average molecular weight is 447 g/mol. The van der Waals surface area contributed by atoms with Crippen LogP contribution in [0.2, 0.25) is 0 Å². The number of likely N-dealkylation sites (tertiary alicyclic amines) is 1. The number of rotatable bonds is 5. The number of aryl methyl sites for hydroxylation is 1. The fraction of sp³-hybridized carbons (Fsp3) is 0.652. The molecular formula is C23H32F2N6O. The van der Waals surface area contributed by atoms with Gasteiger partial charge in [0.2, 0.25) is 5.92 Å². The molecular weight excluding hydrogens is 414 g/mol. The molecule has 174 valence electrons. The quantitative estimate of drug-likeness (QED) is 0.765. The van der Waals surface area contributed by atoms with Crippen molar-refractivity contribution in [2.24, 2.45) is 11.7 Å².